The van der Waals surface area contributed by atoms with Gasteiger partial charge in [-0.1, -0.05) is 30.3 Å². The van der Waals surface area contributed by atoms with Crippen molar-refractivity contribution in [3.05, 3.63) is 64.7 Å². The predicted octanol–water partition coefficient (Wildman–Crippen LogP) is 3.40. The summed E-state index contributed by atoms with van der Waals surface area (Å²) in [5, 5.41) is 9.88. The maximum absolute atomic E-state index is 12.3. The lowest BCUT2D eigenvalue weighted by atomic mass is 10.1. The Kier molecular flexibility index (Phi) is 8.35. The molecule has 2 aromatic carbocycles. The molecule has 150 valence electrons. The van der Waals surface area contributed by atoms with Gasteiger partial charge in [0.25, 0.3) is 6.47 Å². The fourth-order valence-electron chi connectivity index (χ4n) is 3.12. The summed E-state index contributed by atoms with van der Waals surface area (Å²) in [6.45, 7) is 2.92. The van der Waals surface area contributed by atoms with Gasteiger partial charge in [-0.15, -0.1) is 11.8 Å². The first kappa shape index (κ1) is 21.8. The van der Waals surface area contributed by atoms with Gasteiger partial charge in [-0.2, -0.15) is 0 Å². The van der Waals surface area contributed by atoms with Crippen LogP contribution in [0, 0.1) is 0 Å². The summed E-state index contributed by atoms with van der Waals surface area (Å²) in [7, 11) is 3.97. The van der Waals surface area contributed by atoms with Crippen LogP contribution in [0.15, 0.2) is 47.4 Å². The maximum Gasteiger partial charge on any atom is 0.317 e. The number of hydrogen-bond acceptors (Lipinski definition) is 4. The zero-order valence-electron chi connectivity index (χ0n) is 16.5. The lowest BCUT2D eigenvalue weighted by molar-refractivity contribution is -0.122. The number of carbonyl (C=O) groups excluding carboxylic acids is 1. The summed E-state index contributed by atoms with van der Waals surface area (Å²) < 4.78 is 0. The summed E-state index contributed by atoms with van der Waals surface area (Å²) in [5.74, 6) is 0. The Morgan fingerprint density at radius 1 is 1.18 bits per heavy atom. The molecule has 0 aliphatic carbocycles. The Morgan fingerprint density at radius 3 is 2.43 bits per heavy atom. The molecule has 1 heterocycles. The Bertz CT molecular complexity index is 796. The zero-order valence-corrected chi connectivity index (χ0v) is 17.3. The van der Waals surface area contributed by atoms with E-state index in [0.717, 1.165) is 18.7 Å². The highest BCUT2D eigenvalue weighted by molar-refractivity contribution is 7.98. The van der Waals surface area contributed by atoms with Crippen molar-refractivity contribution in [1.82, 2.24) is 15.1 Å². The second kappa shape index (κ2) is 10.7. The molecular formula is C21H27N3O3S. The van der Waals surface area contributed by atoms with Crippen LogP contribution in [0.1, 0.15) is 22.3 Å². The number of fused-ring (bicyclic) bond motifs is 1. The van der Waals surface area contributed by atoms with Crippen LogP contribution < -0.4 is 5.32 Å². The van der Waals surface area contributed by atoms with E-state index in [9.17, 15) is 4.79 Å². The normalized spacial score (nSPS) is 12.5. The molecule has 3 rings (SSSR count). The van der Waals surface area contributed by atoms with Crippen LogP contribution in [0.25, 0.3) is 0 Å². The SMILES string of the molecule is CSc1ccc(CNC(=O)N(C)Cc2ccc3c(c2)CN(C)C3)cc1.O=CO. The largest absolute Gasteiger partial charge is 0.483 e. The molecule has 0 fully saturated rings. The average molecular weight is 402 g/mol. The first-order valence-corrected chi connectivity index (χ1v) is 10.2. The fraction of sp³-hybridized carbons (Fsp3) is 0.333. The molecule has 2 amide bonds. The van der Waals surface area contributed by atoms with Crippen LogP contribution >= 0.6 is 11.8 Å². The van der Waals surface area contributed by atoms with Crippen LogP contribution in [0.4, 0.5) is 4.79 Å². The predicted molar refractivity (Wildman–Crippen MR) is 112 cm³/mol. The average Bonchev–Trinajstić information content (AvgIpc) is 3.06. The van der Waals surface area contributed by atoms with Crippen molar-refractivity contribution < 1.29 is 14.7 Å². The van der Waals surface area contributed by atoms with Gasteiger partial charge >= 0.3 is 6.03 Å². The number of benzene rings is 2. The lowest BCUT2D eigenvalue weighted by Gasteiger charge is -2.18. The van der Waals surface area contributed by atoms with Gasteiger partial charge < -0.3 is 15.3 Å². The number of thioether (sulfide) groups is 1. The van der Waals surface area contributed by atoms with Crippen LogP contribution in [-0.2, 0) is 31.0 Å². The molecule has 0 saturated carbocycles. The van der Waals surface area contributed by atoms with Gasteiger partial charge in [-0.3, -0.25) is 9.69 Å². The van der Waals surface area contributed by atoms with Gasteiger partial charge in [-0.05, 0) is 47.7 Å². The summed E-state index contributed by atoms with van der Waals surface area (Å²) in [6, 6.07) is 14.8. The van der Waals surface area contributed by atoms with E-state index in [-0.39, 0.29) is 12.5 Å². The van der Waals surface area contributed by atoms with Crippen LogP contribution in [0.5, 0.6) is 0 Å². The molecule has 7 heteroatoms. The Hall–Kier alpha value is -2.51. The summed E-state index contributed by atoms with van der Waals surface area (Å²) in [5.41, 5.74) is 5.06. The highest BCUT2D eigenvalue weighted by atomic mass is 32.2. The summed E-state index contributed by atoms with van der Waals surface area (Å²) in [6.07, 6.45) is 2.06. The van der Waals surface area contributed by atoms with Gasteiger partial charge in [0.1, 0.15) is 0 Å². The third kappa shape index (κ3) is 6.28. The minimum atomic E-state index is -0.250. The molecule has 28 heavy (non-hydrogen) atoms. The number of amides is 2. The maximum atomic E-state index is 12.3. The van der Waals surface area contributed by atoms with Gasteiger partial charge in [-0.25, -0.2) is 4.79 Å². The first-order chi connectivity index (χ1) is 13.5. The zero-order chi connectivity index (χ0) is 20.5. The van der Waals surface area contributed by atoms with E-state index in [1.807, 2.05) is 7.05 Å². The smallest absolute Gasteiger partial charge is 0.317 e. The van der Waals surface area contributed by atoms with Gasteiger partial charge in [0.05, 0.1) is 0 Å². The second-order valence-electron chi connectivity index (χ2n) is 6.74. The Morgan fingerprint density at radius 2 is 1.79 bits per heavy atom. The third-order valence-corrected chi connectivity index (χ3v) is 5.26. The highest BCUT2D eigenvalue weighted by Gasteiger charge is 2.16. The molecule has 0 unspecified atom stereocenters. The van der Waals surface area contributed by atoms with Gasteiger partial charge in [0.2, 0.25) is 0 Å². The number of nitrogens with one attached hydrogen (secondary N) is 1. The quantitative estimate of drug-likeness (QED) is 0.593. The Balaban J connectivity index is 0.000000878. The minimum absolute atomic E-state index is 0.0495. The Labute approximate surface area is 170 Å². The standard InChI is InChI=1S/C20H25N3OS.CH2O2/c1-22-13-17-7-4-16(10-18(17)14-22)12-23(2)20(24)21-11-15-5-8-19(25-3)9-6-15;2-1-3/h4-10H,11-14H2,1-3H3,(H,21,24);1H,(H,2,3). The van der Waals surface area contributed by atoms with E-state index in [1.165, 1.54) is 21.6 Å². The lowest BCUT2D eigenvalue weighted by Crippen LogP contribution is -2.36. The van der Waals surface area contributed by atoms with Crippen molar-refractivity contribution >= 4 is 24.3 Å². The molecule has 2 N–H and O–H groups in total. The number of rotatable bonds is 5. The molecule has 0 aromatic heterocycles. The minimum Gasteiger partial charge on any atom is -0.483 e. The summed E-state index contributed by atoms with van der Waals surface area (Å²) >= 11 is 1.72. The second-order valence-corrected chi connectivity index (χ2v) is 7.62. The van der Waals surface area contributed by atoms with Crippen molar-refractivity contribution in [2.24, 2.45) is 0 Å². The number of urea groups is 1. The van der Waals surface area contributed by atoms with E-state index >= 15 is 0 Å². The molecule has 0 bridgehead atoms. The molecule has 0 saturated heterocycles. The topological polar surface area (TPSA) is 72.9 Å². The van der Waals surface area contributed by atoms with Crippen molar-refractivity contribution in [3.8, 4) is 0 Å². The van der Waals surface area contributed by atoms with Crippen LogP contribution in [0.2, 0.25) is 0 Å². The molecule has 0 spiro atoms. The van der Waals surface area contributed by atoms with Crippen LogP contribution in [0.3, 0.4) is 0 Å². The molecule has 6 nitrogen and oxygen atoms in total. The number of carboxylic acid groups (broad SMARTS) is 1. The van der Waals surface area contributed by atoms with Crippen molar-refractivity contribution in [3.63, 3.8) is 0 Å². The van der Waals surface area contributed by atoms with Gasteiger partial charge in [0, 0.05) is 38.1 Å². The van der Waals surface area contributed by atoms with Crippen LogP contribution in [-0.4, -0.2) is 47.8 Å². The monoisotopic (exact) mass is 401 g/mol. The van der Waals surface area contributed by atoms with Gasteiger partial charge in [0.15, 0.2) is 0 Å². The van der Waals surface area contributed by atoms with E-state index < -0.39 is 0 Å². The highest BCUT2D eigenvalue weighted by Crippen LogP contribution is 2.22. The molecule has 1 aliphatic heterocycles. The van der Waals surface area contributed by atoms with E-state index in [0.29, 0.717) is 13.1 Å². The summed E-state index contributed by atoms with van der Waals surface area (Å²) in [4.78, 5) is 26.0. The number of hydrogen-bond donors (Lipinski definition) is 2. The van der Waals surface area contributed by atoms with Crippen molar-refractivity contribution in [2.75, 3.05) is 20.4 Å². The van der Waals surface area contributed by atoms with Crippen molar-refractivity contribution in [2.45, 2.75) is 31.1 Å². The molecule has 2 aromatic rings. The van der Waals surface area contributed by atoms with E-state index in [1.54, 1.807) is 16.7 Å². The molecule has 1 aliphatic rings. The number of nitrogens with zero attached hydrogens (tertiary/aromatic N) is 2. The third-order valence-electron chi connectivity index (χ3n) is 4.52. The molecular weight excluding hydrogens is 374 g/mol. The molecule has 0 radical (unpaired) electrons. The molecule has 0 atom stereocenters. The fourth-order valence-corrected chi connectivity index (χ4v) is 3.53. The van der Waals surface area contributed by atoms with Crippen molar-refractivity contribution in [1.29, 1.82) is 0 Å². The van der Waals surface area contributed by atoms with E-state index in [2.05, 4.69) is 66.0 Å². The van der Waals surface area contributed by atoms with E-state index in [4.69, 9.17) is 9.90 Å². The first-order valence-electron chi connectivity index (χ1n) is 8.95. The number of carbonyl (C=O) groups is 2.